The molecule has 1 saturated heterocycles. The highest BCUT2D eigenvalue weighted by molar-refractivity contribution is 5.42. The maximum atomic E-state index is 9.74. The highest BCUT2D eigenvalue weighted by Gasteiger charge is 2.19. The molecular formula is C15H24N2O. The van der Waals surface area contributed by atoms with Crippen molar-refractivity contribution < 1.29 is 5.11 Å². The number of nitrogens with one attached hydrogen (secondary N) is 1. The molecular weight excluding hydrogens is 224 g/mol. The molecule has 2 N–H and O–H groups in total. The van der Waals surface area contributed by atoms with Crippen molar-refractivity contribution in [1.29, 1.82) is 0 Å². The summed E-state index contributed by atoms with van der Waals surface area (Å²) >= 11 is 0. The van der Waals surface area contributed by atoms with E-state index in [1.807, 2.05) is 13.8 Å². The SMILES string of the molecule is Cc1cc(CNCC2CCCN2C)cc(C)c1O. The van der Waals surface area contributed by atoms with E-state index in [1.165, 1.54) is 24.9 Å². The van der Waals surface area contributed by atoms with Gasteiger partial charge >= 0.3 is 0 Å². The van der Waals surface area contributed by atoms with Crippen molar-refractivity contribution >= 4 is 0 Å². The van der Waals surface area contributed by atoms with Gasteiger partial charge in [-0.1, -0.05) is 12.1 Å². The second-order valence-corrected chi connectivity index (χ2v) is 5.49. The molecule has 3 heteroatoms. The molecule has 1 aromatic carbocycles. The Balaban J connectivity index is 1.87. The quantitative estimate of drug-likeness (QED) is 0.857. The van der Waals surface area contributed by atoms with Gasteiger partial charge in [0.2, 0.25) is 0 Å². The van der Waals surface area contributed by atoms with Crippen LogP contribution in [0.5, 0.6) is 5.75 Å². The van der Waals surface area contributed by atoms with E-state index in [-0.39, 0.29) is 0 Å². The van der Waals surface area contributed by atoms with Crippen LogP contribution in [0, 0.1) is 13.8 Å². The van der Waals surface area contributed by atoms with Crippen molar-refractivity contribution in [3.05, 3.63) is 28.8 Å². The average Bonchev–Trinajstić information content (AvgIpc) is 2.72. The van der Waals surface area contributed by atoms with Gasteiger partial charge in [-0.05, 0) is 57.0 Å². The van der Waals surface area contributed by atoms with Crippen LogP contribution < -0.4 is 5.32 Å². The number of rotatable bonds is 4. The summed E-state index contributed by atoms with van der Waals surface area (Å²) in [6, 6.07) is 4.81. The minimum absolute atomic E-state index is 0.425. The van der Waals surface area contributed by atoms with E-state index in [1.54, 1.807) is 0 Å². The fourth-order valence-corrected chi connectivity index (χ4v) is 2.77. The van der Waals surface area contributed by atoms with E-state index in [2.05, 4.69) is 29.4 Å². The summed E-state index contributed by atoms with van der Waals surface area (Å²) < 4.78 is 0. The van der Waals surface area contributed by atoms with Gasteiger partial charge in [-0.15, -0.1) is 0 Å². The van der Waals surface area contributed by atoms with E-state index >= 15 is 0 Å². The number of nitrogens with zero attached hydrogens (tertiary/aromatic N) is 1. The second-order valence-electron chi connectivity index (χ2n) is 5.49. The molecule has 1 unspecified atom stereocenters. The van der Waals surface area contributed by atoms with Crippen molar-refractivity contribution in [3.63, 3.8) is 0 Å². The van der Waals surface area contributed by atoms with Gasteiger partial charge in [0.05, 0.1) is 0 Å². The molecule has 0 amide bonds. The van der Waals surface area contributed by atoms with Crippen LogP contribution in [0.1, 0.15) is 29.5 Å². The smallest absolute Gasteiger partial charge is 0.121 e. The first kappa shape index (κ1) is 13.4. The zero-order chi connectivity index (χ0) is 13.1. The van der Waals surface area contributed by atoms with E-state index in [4.69, 9.17) is 0 Å². The van der Waals surface area contributed by atoms with Crippen molar-refractivity contribution in [2.75, 3.05) is 20.1 Å². The van der Waals surface area contributed by atoms with Crippen LogP contribution in [0.3, 0.4) is 0 Å². The molecule has 1 aliphatic heterocycles. The van der Waals surface area contributed by atoms with Crippen molar-refractivity contribution in [3.8, 4) is 5.75 Å². The Morgan fingerprint density at radius 1 is 1.33 bits per heavy atom. The Morgan fingerprint density at radius 3 is 2.56 bits per heavy atom. The van der Waals surface area contributed by atoms with Gasteiger partial charge in [0.25, 0.3) is 0 Å². The van der Waals surface area contributed by atoms with E-state index < -0.39 is 0 Å². The molecule has 2 rings (SSSR count). The molecule has 0 bridgehead atoms. The standard InChI is InChI=1S/C15H24N2O/c1-11-7-13(8-12(2)15(11)18)9-16-10-14-5-4-6-17(14)3/h7-8,14,16,18H,4-6,9-10H2,1-3H3. The predicted molar refractivity (Wildman–Crippen MR) is 74.9 cm³/mol. The number of hydrogen-bond donors (Lipinski definition) is 2. The third-order valence-electron chi connectivity index (χ3n) is 3.93. The molecule has 100 valence electrons. The van der Waals surface area contributed by atoms with E-state index in [0.29, 0.717) is 11.8 Å². The second kappa shape index (κ2) is 5.72. The van der Waals surface area contributed by atoms with Gasteiger partial charge in [0.1, 0.15) is 5.75 Å². The third kappa shape index (κ3) is 3.03. The summed E-state index contributed by atoms with van der Waals surface area (Å²) in [7, 11) is 2.20. The molecule has 1 aliphatic rings. The van der Waals surface area contributed by atoms with Crippen molar-refractivity contribution in [2.24, 2.45) is 0 Å². The topological polar surface area (TPSA) is 35.5 Å². The molecule has 1 fully saturated rings. The lowest BCUT2D eigenvalue weighted by Crippen LogP contribution is -2.35. The summed E-state index contributed by atoms with van der Waals surface area (Å²) in [6.07, 6.45) is 2.62. The minimum atomic E-state index is 0.425. The van der Waals surface area contributed by atoms with Crippen LogP contribution in [0.2, 0.25) is 0 Å². The highest BCUT2D eigenvalue weighted by atomic mass is 16.3. The Bertz CT molecular complexity index is 394. The van der Waals surface area contributed by atoms with Gasteiger partial charge in [-0.25, -0.2) is 0 Å². The first-order valence-electron chi connectivity index (χ1n) is 6.78. The number of hydrogen-bond acceptors (Lipinski definition) is 3. The van der Waals surface area contributed by atoms with Crippen LogP contribution >= 0.6 is 0 Å². The lowest BCUT2D eigenvalue weighted by Gasteiger charge is -2.20. The van der Waals surface area contributed by atoms with Crippen LogP contribution in [-0.4, -0.2) is 36.2 Å². The minimum Gasteiger partial charge on any atom is -0.507 e. The van der Waals surface area contributed by atoms with E-state index in [0.717, 1.165) is 24.2 Å². The first-order valence-corrected chi connectivity index (χ1v) is 6.78. The fraction of sp³-hybridized carbons (Fsp3) is 0.600. The molecule has 0 spiro atoms. The summed E-state index contributed by atoms with van der Waals surface area (Å²) in [5, 5.41) is 13.3. The molecule has 18 heavy (non-hydrogen) atoms. The number of benzene rings is 1. The van der Waals surface area contributed by atoms with Crippen LogP contribution in [-0.2, 0) is 6.54 Å². The summed E-state index contributed by atoms with van der Waals surface area (Å²) in [5.74, 6) is 0.425. The van der Waals surface area contributed by atoms with Gasteiger partial charge in [0.15, 0.2) is 0 Å². The molecule has 0 saturated carbocycles. The molecule has 3 nitrogen and oxygen atoms in total. The summed E-state index contributed by atoms with van der Waals surface area (Å²) in [5.41, 5.74) is 3.18. The van der Waals surface area contributed by atoms with Crippen LogP contribution in [0.15, 0.2) is 12.1 Å². The fourth-order valence-electron chi connectivity index (χ4n) is 2.77. The Labute approximate surface area is 110 Å². The van der Waals surface area contributed by atoms with Crippen molar-refractivity contribution in [1.82, 2.24) is 10.2 Å². The number of phenols is 1. The zero-order valence-electron chi connectivity index (χ0n) is 11.7. The Morgan fingerprint density at radius 2 is 2.00 bits per heavy atom. The van der Waals surface area contributed by atoms with Gasteiger partial charge in [-0.2, -0.15) is 0 Å². The Hall–Kier alpha value is -1.06. The molecule has 0 aromatic heterocycles. The number of aromatic hydroxyl groups is 1. The third-order valence-corrected chi connectivity index (χ3v) is 3.93. The van der Waals surface area contributed by atoms with Gasteiger partial charge < -0.3 is 15.3 Å². The zero-order valence-corrected chi connectivity index (χ0v) is 11.7. The lowest BCUT2D eigenvalue weighted by atomic mass is 10.1. The highest BCUT2D eigenvalue weighted by Crippen LogP contribution is 2.22. The maximum absolute atomic E-state index is 9.74. The van der Waals surface area contributed by atoms with Crippen LogP contribution in [0.25, 0.3) is 0 Å². The normalized spacial score (nSPS) is 20.5. The lowest BCUT2D eigenvalue weighted by molar-refractivity contribution is 0.300. The first-order chi connectivity index (χ1) is 8.58. The monoisotopic (exact) mass is 248 g/mol. The number of aryl methyl sites for hydroxylation is 2. The maximum Gasteiger partial charge on any atom is 0.121 e. The molecule has 1 heterocycles. The number of likely N-dealkylation sites (tertiary alicyclic amines) is 1. The van der Waals surface area contributed by atoms with Crippen LogP contribution in [0.4, 0.5) is 0 Å². The molecule has 1 aromatic rings. The average molecular weight is 248 g/mol. The molecule has 1 atom stereocenters. The predicted octanol–water partition coefficient (Wildman–Crippen LogP) is 2.19. The van der Waals surface area contributed by atoms with E-state index in [9.17, 15) is 5.11 Å². The van der Waals surface area contributed by atoms with Gasteiger partial charge in [0, 0.05) is 19.1 Å². The van der Waals surface area contributed by atoms with Gasteiger partial charge in [-0.3, -0.25) is 0 Å². The summed E-state index contributed by atoms with van der Waals surface area (Å²) in [4.78, 5) is 2.43. The number of likely N-dealkylation sites (N-methyl/N-ethyl adjacent to an activating group) is 1. The van der Waals surface area contributed by atoms with Crippen molar-refractivity contribution in [2.45, 2.75) is 39.3 Å². The Kier molecular flexibility index (Phi) is 4.25. The molecule has 0 aliphatic carbocycles. The number of phenolic OH excluding ortho intramolecular Hbond substituents is 1. The summed E-state index contributed by atoms with van der Waals surface area (Å²) in [6.45, 7) is 7.07. The largest absolute Gasteiger partial charge is 0.507 e. The molecule has 0 radical (unpaired) electrons.